The SMILES string of the molecule is O=C(CSc1ccc(NC(=O)/C(=C/c2c(F)cccc2Cl)NC(=O)c2ccccc2)cc1)Nc1cccc(C(F)(F)F)c1. The van der Waals surface area contributed by atoms with Gasteiger partial charge in [0.25, 0.3) is 11.8 Å². The molecule has 0 saturated carbocycles. The topological polar surface area (TPSA) is 87.3 Å². The lowest BCUT2D eigenvalue weighted by Crippen LogP contribution is -2.30. The summed E-state index contributed by atoms with van der Waals surface area (Å²) in [7, 11) is 0. The Morgan fingerprint density at radius 3 is 2.19 bits per heavy atom. The van der Waals surface area contributed by atoms with Crippen molar-refractivity contribution in [2.45, 2.75) is 11.1 Å². The van der Waals surface area contributed by atoms with E-state index in [-0.39, 0.29) is 33.3 Å². The lowest BCUT2D eigenvalue weighted by atomic mass is 10.1. The number of amides is 3. The van der Waals surface area contributed by atoms with Gasteiger partial charge in [0.05, 0.1) is 16.3 Å². The molecule has 43 heavy (non-hydrogen) atoms. The van der Waals surface area contributed by atoms with Crippen molar-refractivity contribution < 1.29 is 31.9 Å². The molecule has 4 rings (SSSR count). The van der Waals surface area contributed by atoms with Gasteiger partial charge in [0.15, 0.2) is 0 Å². The van der Waals surface area contributed by atoms with E-state index in [1.807, 2.05) is 0 Å². The van der Waals surface area contributed by atoms with Gasteiger partial charge in [-0.3, -0.25) is 14.4 Å². The van der Waals surface area contributed by atoms with Crippen molar-refractivity contribution in [1.29, 1.82) is 0 Å². The number of rotatable bonds is 9. The van der Waals surface area contributed by atoms with E-state index in [2.05, 4.69) is 16.0 Å². The second kappa shape index (κ2) is 14.0. The van der Waals surface area contributed by atoms with Gasteiger partial charge in [-0.05, 0) is 72.8 Å². The molecule has 4 aromatic rings. The molecular formula is C31H22ClF4N3O3S. The minimum Gasteiger partial charge on any atom is -0.325 e. The molecule has 0 aliphatic rings. The summed E-state index contributed by atoms with van der Waals surface area (Å²) in [4.78, 5) is 38.9. The van der Waals surface area contributed by atoms with E-state index in [1.165, 1.54) is 30.3 Å². The van der Waals surface area contributed by atoms with Gasteiger partial charge in [0.2, 0.25) is 5.91 Å². The summed E-state index contributed by atoms with van der Waals surface area (Å²) in [5.41, 5.74) is -0.575. The van der Waals surface area contributed by atoms with Crippen molar-refractivity contribution in [3.8, 4) is 0 Å². The molecule has 0 aliphatic carbocycles. The molecule has 4 aromatic carbocycles. The van der Waals surface area contributed by atoms with Gasteiger partial charge < -0.3 is 16.0 Å². The van der Waals surface area contributed by atoms with Gasteiger partial charge in [0, 0.05) is 27.4 Å². The molecule has 0 heterocycles. The Morgan fingerprint density at radius 2 is 1.51 bits per heavy atom. The summed E-state index contributed by atoms with van der Waals surface area (Å²) in [6.45, 7) is 0. The molecule has 0 radical (unpaired) electrons. The molecule has 3 N–H and O–H groups in total. The van der Waals surface area contributed by atoms with Crippen molar-refractivity contribution in [3.63, 3.8) is 0 Å². The molecular weight excluding hydrogens is 606 g/mol. The normalized spacial score (nSPS) is 11.5. The van der Waals surface area contributed by atoms with Crippen LogP contribution >= 0.6 is 23.4 Å². The smallest absolute Gasteiger partial charge is 0.325 e. The second-order valence-corrected chi connectivity index (χ2v) is 10.4. The fourth-order valence-corrected chi connectivity index (χ4v) is 4.60. The Balaban J connectivity index is 1.42. The van der Waals surface area contributed by atoms with Crippen LogP contribution in [0.5, 0.6) is 0 Å². The number of nitrogens with one attached hydrogen (secondary N) is 3. The van der Waals surface area contributed by atoms with Crippen LogP contribution in [0.25, 0.3) is 6.08 Å². The van der Waals surface area contributed by atoms with Crippen molar-refractivity contribution in [2.75, 3.05) is 16.4 Å². The third-order valence-electron chi connectivity index (χ3n) is 5.77. The first-order valence-electron chi connectivity index (χ1n) is 12.5. The van der Waals surface area contributed by atoms with Gasteiger partial charge in [-0.1, -0.05) is 41.9 Å². The zero-order chi connectivity index (χ0) is 31.0. The summed E-state index contributed by atoms with van der Waals surface area (Å²) in [5.74, 6) is -2.61. The standard InChI is InChI=1S/C31H22ClF4N3O3S/c32-25-10-5-11-26(33)24(25)17-27(39-29(41)19-6-2-1-3-7-19)30(42)38-21-12-14-23(15-13-21)43-18-28(40)37-22-9-4-8-20(16-22)31(34,35)36/h1-17H,18H2,(H,37,40)(H,38,42)(H,39,41)/b27-17-. The molecule has 0 saturated heterocycles. The summed E-state index contributed by atoms with van der Waals surface area (Å²) in [5, 5.41) is 7.61. The Bertz CT molecular complexity index is 1640. The van der Waals surface area contributed by atoms with Gasteiger partial charge in [-0.2, -0.15) is 13.2 Å². The average molecular weight is 628 g/mol. The Labute approximate surface area is 253 Å². The maximum atomic E-state index is 14.5. The lowest BCUT2D eigenvalue weighted by molar-refractivity contribution is -0.137. The molecule has 220 valence electrons. The highest BCUT2D eigenvalue weighted by atomic mass is 35.5. The first kappa shape index (κ1) is 31.3. The van der Waals surface area contributed by atoms with E-state index in [0.717, 1.165) is 30.0 Å². The summed E-state index contributed by atoms with van der Waals surface area (Å²) in [6, 6.07) is 22.8. The van der Waals surface area contributed by atoms with Crippen LogP contribution in [0.3, 0.4) is 0 Å². The van der Waals surface area contributed by atoms with Gasteiger partial charge in [0.1, 0.15) is 11.5 Å². The van der Waals surface area contributed by atoms with Crippen LogP contribution in [0.4, 0.5) is 28.9 Å². The molecule has 0 fully saturated rings. The molecule has 0 spiro atoms. The van der Waals surface area contributed by atoms with E-state index in [4.69, 9.17) is 11.6 Å². The fraction of sp³-hybridized carbons (Fsp3) is 0.0645. The van der Waals surface area contributed by atoms with E-state index in [9.17, 15) is 31.9 Å². The minimum absolute atomic E-state index is 0.0263. The third kappa shape index (κ3) is 8.94. The molecule has 0 aromatic heterocycles. The van der Waals surface area contributed by atoms with E-state index in [1.54, 1.807) is 54.6 Å². The molecule has 3 amide bonds. The highest BCUT2D eigenvalue weighted by molar-refractivity contribution is 8.00. The van der Waals surface area contributed by atoms with Crippen LogP contribution in [0.1, 0.15) is 21.5 Å². The summed E-state index contributed by atoms with van der Waals surface area (Å²) in [6.07, 6.45) is -3.39. The van der Waals surface area contributed by atoms with E-state index in [0.29, 0.717) is 10.6 Å². The molecule has 0 bridgehead atoms. The maximum Gasteiger partial charge on any atom is 0.416 e. The van der Waals surface area contributed by atoms with Crippen LogP contribution < -0.4 is 16.0 Å². The number of alkyl halides is 3. The molecule has 0 aliphatic heterocycles. The Kier molecular flexibility index (Phi) is 10.2. The van der Waals surface area contributed by atoms with Crippen molar-refractivity contribution >= 4 is 58.5 Å². The van der Waals surface area contributed by atoms with Gasteiger partial charge in [-0.15, -0.1) is 11.8 Å². The first-order chi connectivity index (χ1) is 20.5. The Morgan fingerprint density at radius 1 is 0.814 bits per heavy atom. The molecule has 6 nitrogen and oxygen atoms in total. The second-order valence-electron chi connectivity index (χ2n) is 8.91. The monoisotopic (exact) mass is 627 g/mol. The van der Waals surface area contributed by atoms with E-state index >= 15 is 0 Å². The number of hydrogen-bond donors (Lipinski definition) is 3. The lowest BCUT2D eigenvalue weighted by Gasteiger charge is -2.12. The summed E-state index contributed by atoms with van der Waals surface area (Å²) >= 11 is 7.26. The van der Waals surface area contributed by atoms with Crippen molar-refractivity contribution in [3.05, 3.63) is 130 Å². The molecule has 0 atom stereocenters. The van der Waals surface area contributed by atoms with Crippen LogP contribution in [-0.4, -0.2) is 23.5 Å². The van der Waals surface area contributed by atoms with E-state index < -0.39 is 35.3 Å². The van der Waals surface area contributed by atoms with Crippen LogP contribution in [0.15, 0.2) is 108 Å². The molecule has 12 heteroatoms. The Hall–Kier alpha value is -4.61. The van der Waals surface area contributed by atoms with Crippen LogP contribution in [-0.2, 0) is 15.8 Å². The summed E-state index contributed by atoms with van der Waals surface area (Å²) < 4.78 is 53.2. The van der Waals surface area contributed by atoms with Gasteiger partial charge >= 0.3 is 6.18 Å². The quantitative estimate of drug-likeness (QED) is 0.101. The van der Waals surface area contributed by atoms with Gasteiger partial charge in [-0.25, -0.2) is 4.39 Å². The predicted molar refractivity (Wildman–Crippen MR) is 159 cm³/mol. The number of carbonyl (C=O) groups is 3. The number of thioether (sulfide) groups is 1. The molecule has 0 unspecified atom stereocenters. The number of anilines is 2. The van der Waals surface area contributed by atoms with Crippen molar-refractivity contribution in [2.24, 2.45) is 0 Å². The zero-order valence-corrected chi connectivity index (χ0v) is 23.6. The van der Waals surface area contributed by atoms with Crippen LogP contribution in [0.2, 0.25) is 5.02 Å². The number of hydrogen-bond acceptors (Lipinski definition) is 4. The predicted octanol–water partition coefficient (Wildman–Crippen LogP) is 7.64. The zero-order valence-electron chi connectivity index (χ0n) is 22.0. The van der Waals surface area contributed by atoms with Crippen molar-refractivity contribution in [1.82, 2.24) is 5.32 Å². The fourth-order valence-electron chi connectivity index (χ4n) is 3.69. The highest BCUT2D eigenvalue weighted by Crippen LogP contribution is 2.31. The number of carbonyl (C=O) groups excluding carboxylic acids is 3. The first-order valence-corrected chi connectivity index (χ1v) is 13.9. The largest absolute Gasteiger partial charge is 0.416 e. The maximum absolute atomic E-state index is 14.5. The highest BCUT2D eigenvalue weighted by Gasteiger charge is 2.30. The number of benzene rings is 4. The third-order valence-corrected chi connectivity index (χ3v) is 7.11. The van der Waals surface area contributed by atoms with Crippen LogP contribution in [0, 0.1) is 5.82 Å². The minimum atomic E-state index is -4.53. The number of halogens is 5. The average Bonchev–Trinajstić information content (AvgIpc) is 2.98.